The van der Waals surface area contributed by atoms with Crippen molar-refractivity contribution in [1.29, 1.82) is 0 Å². The monoisotopic (exact) mass is 378 g/mol. The molecule has 2 heterocycles. The Balaban J connectivity index is 1.56. The first-order valence-electron chi connectivity index (χ1n) is 8.42. The smallest absolute Gasteiger partial charge is 0.261 e. The molecule has 3 rings (SSSR count). The molecule has 1 amide bonds. The molecule has 25 heavy (non-hydrogen) atoms. The van der Waals surface area contributed by atoms with Crippen LogP contribution in [0.1, 0.15) is 29.4 Å². The molecule has 0 saturated carbocycles. The van der Waals surface area contributed by atoms with E-state index in [-0.39, 0.29) is 17.7 Å². The largest absolute Gasteiger partial charge is 0.371 e. The Kier molecular flexibility index (Phi) is 5.44. The summed E-state index contributed by atoms with van der Waals surface area (Å²) < 4.78 is 23.8. The third-order valence-electron chi connectivity index (χ3n) is 4.52. The predicted octanol–water partition coefficient (Wildman–Crippen LogP) is 2.94. The van der Waals surface area contributed by atoms with Crippen LogP contribution >= 0.6 is 11.3 Å². The van der Waals surface area contributed by atoms with Crippen LogP contribution in [-0.4, -0.2) is 39.2 Å². The van der Waals surface area contributed by atoms with Gasteiger partial charge >= 0.3 is 0 Å². The maximum Gasteiger partial charge on any atom is 0.261 e. The zero-order valence-corrected chi connectivity index (χ0v) is 15.8. The summed E-state index contributed by atoms with van der Waals surface area (Å²) in [5, 5.41) is 5.00. The summed E-state index contributed by atoms with van der Waals surface area (Å²) in [6.07, 6.45) is 1.76. The number of nitrogens with zero attached hydrogens (tertiary/aromatic N) is 1. The topological polar surface area (TPSA) is 66.5 Å². The molecule has 1 aliphatic rings. The van der Waals surface area contributed by atoms with E-state index in [2.05, 4.69) is 10.2 Å². The number of rotatable bonds is 5. The highest BCUT2D eigenvalue weighted by Gasteiger charge is 2.22. The summed E-state index contributed by atoms with van der Waals surface area (Å²) in [5.74, 6) is 0.115. The molecule has 5 nitrogen and oxygen atoms in total. The van der Waals surface area contributed by atoms with Crippen LogP contribution in [0.25, 0.3) is 0 Å². The van der Waals surface area contributed by atoms with Crippen molar-refractivity contribution < 1.29 is 13.2 Å². The molecule has 1 aromatic heterocycles. The van der Waals surface area contributed by atoms with E-state index >= 15 is 0 Å². The van der Waals surface area contributed by atoms with Crippen molar-refractivity contribution >= 4 is 32.8 Å². The lowest BCUT2D eigenvalue weighted by atomic mass is 10.0. The van der Waals surface area contributed by atoms with E-state index in [9.17, 15) is 13.2 Å². The van der Waals surface area contributed by atoms with Crippen LogP contribution in [0.15, 0.2) is 46.7 Å². The number of sulfone groups is 1. The van der Waals surface area contributed by atoms with E-state index in [1.807, 2.05) is 29.6 Å². The molecule has 1 N–H and O–H groups in total. The molecule has 1 saturated heterocycles. The van der Waals surface area contributed by atoms with E-state index in [1.54, 1.807) is 19.1 Å². The first kappa shape index (κ1) is 17.9. The highest BCUT2D eigenvalue weighted by atomic mass is 32.2. The van der Waals surface area contributed by atoms with Crippen LogP contribution in [-0.2, 0) is 9.84 Å². The van der Waals surface area contributed by atoms with Crippen molar-refractivity contribution in [3.05, 3.63) is 46.7 Å². The van der Waals surface area contributed by atoms with Crippen molar-refractivity contribution in [1.82, 2.24) is 5.32 Å². The van der Waals surface area contributed by atoms with Gasteiger partial charge in [0.15, 0.2) is 9.84 Å². The van der Waals surface area contributed by atoms with Gasteiger partial charge in [-0.3, -0.25) is 4.79 Å². The van der Waals surface area contributed by atoms with Crippen molar-refractivity contribution in [2.75, 3.05) is 23.7 Å². The molecule has 1 aliphatic heterocycles. The number of hydrogen-bond acceptors (Lipinski definition) is 5. The number of benzene rings is 1. The molecular formula is C18H22N2O3S2. The van der Waals surface area contributed by atoms with Crippen LogP contribution < -0.4 is 10.2 Å². The Labute approximate surface area is 152 Å². The van der Waals surface area contributed by atoms with Gasteiger partial charge in [-0.15, -0.1) is 11.3 Å². The van der Waals surface area contributed by atoms with Gasteiger partial charge in [0, 0.05) is 24.8 Å². The summed E-state index contributed by atoms with van der Waals surface area (Å²) in [6, 6.07) is 11.0. The minimum atomic E-state index is -3.15. The SMILES string of the molecule is CCS(=O)(=O)c1ccc(N2CCC(NC(=O)c3cccs3)CC2)cc1. The quantitative estimate of drug-likeness (QED) is 0.869. The summed E-state index contributed by atoms with van der Waals surface area (Å²) in [5.41, 5.74) is 1.03. The fourth-order valence-corrected chi connectivity index (χ4v) is 4.49. The lowest BCUT2D eigenvalue weighted by Gasteiger charge is -2.34. The molecule has 2 aromatic rings. The highest BCUT2D eigenvalue weighted by Crippen LogP contribution is 2.23. The highest BCUT2D eigenvalue weighted by molar-refractivity contribution is 7.91. The van der Waals surface area contributed by atoms with E-state index < -0.39 is 9.84 Å². The molecule has 7 heteroatoms. The number of carbonyl (C=O) groups excluding carboxylic acids is 1. The van der Waals surface area contributed by atoms with E-state index in [4.69, 9.17) is 0 Å². The van der Waals surface area contributed by atoms with Crippen LogP contribution in [0.2, 0.25) is 0 Å². The molecular weight excluding hydrogens is 356 g/mol. The fourth-order valence-electron chi connectivity index (χ4n) is 2.98. The fraction of sp³-hybridized carbons (Fsp3) is 0.389. The standard InChI is InChI=1S/C18H22N2O3S2/c1-2-25(22,23)16-7-5-15(6-8-16)20-11-9-14(10-12-20)19-18(21)17-4-3-13-24-17/h3-8,13-14H,2,9-12H2,1H3,(H,19,21). The molecule has 0 aliphatic carbocycles. The predicted molar refractivity (Wildman–Crippen MR) is 101 cm³/mol. The van der Waals surface area contributed by atoms with E-state index in [0.717, 1.165) is 36.5 Å². The zero-order chi connectivity index (χ0) is 17.9. The van der Waals surface area contributed by atoms with Crippen molar-refractivity contribution in [3.63, 3.8) is 0 Å². The number of amides is 1. The molecule has 134 valence electrons. The Morgan fingerprint density at radius 3 is 2.44 bits per heavy atom. The Morgan fingerprint density at radius 1 is 1.20 bits per heavy atom. The molecule has 1 fully saturated rings. The second-order valence-corrected chi connectivity index (χ2v) is 9.34. The van der Waals surface area contributed by atoms with Crippen molar-refractivity contribution in [2.24, 2.45) is 0 Å². The average Bonchev–Trinajstić information content (AvgIpc) is 3.17. The van der Waals surface area contributed by atoms with Gasteiger partial charge in [0.25, 0.3) is 5.91 Å². The molecule has 0 spiro atoms. The van der Waals surface area contributed by atoms with Crippen molar-refractivity contribution in [2.45, 2.75) is 30.7 Å². The third kappa shape index (κ3) is 4.22. The zero-order valence-electron chi connectivity index (χ0n) is 14.1. The summed E-state index contributed by atoms with van der Waals surface area (Å²) in [4.78, 5) is 15.5. The minimum absolute atomic E-state index is 0.00238. The van der Waals surface area contributed by atoms with Gasteiger partial charge in [-0.1, -0.05) is 13.0 Å². The lowest BCUT2D eigenvalue weighted by Crippen LogP contribution is -2.44. The van der Waals surface area contributed by atoms with Crippen LogP contribution in [0.3, 0.4) is 0 Å². The number of piperidine rings is 1. The van der Waals surface area contributed by atoms with Crippen LogP contribution in [0.4, 0.5) is 5.69 Å². The van der Waals surface area contributed by atoms with Gasteiger partial charge in [-0.2, -0.15) is 0 Å². The normalized spacial score (nSPS) is 16.0. The summed E-state index contributed by atoms with van der Waals surface area (Å²) >= 11 is 1.45. The summed E-state index contributed by atoms with van der Waals surface area (Å²) in [6.45, 7) is 3.34. The van der Waals surface area contributed by atoms with Gasteiger partial charge in [-0.05, 0) is 48.6 Å². The first-order chi connectivity index (χ1) is 12.0. The summed E-state index contributed by atoms with van der Waals surface area (Å²) in [7, 11) is -3.15. The van der Waals surface area contributed by atoms with Gasteiger partial charge in [0.2, 0.25) is 0 Å². The van der Waals surface area contributed by atoms with Gasteiger partial charge in [0.1, 0.15) is 0 Å². The molecule has 0 bridgehead atoms. The lowest BCUT2D eigenvalue weighted by molar-refractivity contribution is 0.0935. The second-order valence-electron chi connectivity index (χ2n) is 6.11. The van der Waals surface area contributed by atoms with E-state index in [1.165, 1.54) is 11.3 Å². The number of thiophene rings is 1. The average molecular weight is 379 g/mol. The number of anilines is 1. The number of hydrogen-bond donors (Lipinski definition) is 1. The Hall–Kier alpha value is -1.86. The maximum absolute atomic E-state index is 12.1. The molecule has 1 aromatic carbocycles. The minimum Gasteiger partial charge on any atom is -0.371 e. The number of nitrogens with one attached hydrogen (secondary N) is 1. The Bertz CT molecular complexity index is 807. The molecule has 0 unspecified atom stereocenters. The van der Waals surface area contributed by atoms with E-state index in [0.29, 0.717) is 4.90 Å². The Morgan fingerprint density at radius 2 is 1.88 bits per heavy atom. The van der Waals surface area contributed by atoms with Gasteiger partial charge in [-0.25, -0.2) is 8.42 Å². The van der Waals surface area contributed by atoms with Crippen LogP contribution in [0.5, 0.6) is 0 Å². The van der Waals surface area contributed by atoms with Crippen LogP contribution in [0, 0.1) is 0 Å². The van der Waals surface area contributed by atoms with Crippen molar-refractivity contribution in [3.8, 4) is 0 Å². The van der Waals surface area contributed by atoms with Gasteiger partial charge in [0.05, 0.1) is 15.5 Å². The number of carbonyl (C=O) groups is 1. The molecule has 0 atom stereocenters. The first-order valence-corrected chi connectivity index (χ1v) is 10.9. The van der Waals surface area contributed by atoms with Gasteiger partial charge < -0.3 is 10.2 Å². The maximum atomic E-state index is 12.1. The second kappa shape index (κ2) is 7.58. The third-order valence-corrected chi connectivity index (χ3v) is 7.14. The molecule has 0 radical (unpaired) electrons.